The smallest absolute Gasteiger partial charge is 0.335 e. The van der Waals surface area contributed by atoms with E-state index in [0.717, 1.165) is 41.1 Å². The number of fused-ring (bicyclic) bond motifs is 4. The Morgan fingerprint density at radius 1 is 1.04 bits per heavy atom. The molecular formula is C22H21N3O3. The van der Waals surface area contributed by atoms with Crippen molar-refractivity contribution in [2.75, 3.05) is 16.3 Å². The average Bonchev–Trinajstić information content (AvgIpc) is 3.18. The molecular weight excluding hydrogens is 354 g/mol. The van der Waals surface area contributed by atoms with Crippen LogP contribution in [-0.2, 0) is 16.0 Å². The number of carbonyl (C=O) groups excluding carboxylic acids is 3. The van der Waals surface area contributed by atoms with E-state index in [4.69, 9.17) is 0 Å². The molecule has 0 unspecified atom stereocenters. The third kappa shape index (κ3) is 2.17. The number of urea groups is 1. The molecule has 0 aliphatic carbocycles. The lowest BCUT2D eigenvalue weighted by Gasteiger charge is -2.49. The quantitative estimate of drug-likeness (QED) is 0.778. The summed E-state index contributed by atoms with van der Waals surface area (Å²) in [5, 5.41) is 2.48. The van der Waals surface area contributed by atoms with Crippen molar-refractivity contribution in [1.29, 1.82) is 0 Å². The molecule has 3 aliphatic rings. The van der Waals surface area contributed by atoms with Crippen LogP contribution in [0.15, 0.2) is 48.5 Å². The second-order valence-corrected chi connectivity index (χ2v) is 7.86. The van der Waals surface area contributed by atoms with Gasteiger partial charge in [0.25, 0.3) is 5.91 Å². The van der Waals surface area contributed by atoms with Crippen LogP contribution in [0.2, 0.25) is 0 Å². The Bertz CT molecular complexity index is 1000. The fraction of sp³-hybridized carbons (Fsp3) is 0.318. The van der Waals surface area contributed by atoms with Crippen LogP contribution in [0, 0.1) is 12.3 Å². The lowest BCUT2D eigenvalue weighted by molar-refractivity contribution is -0.144. The van der Waals surface area contributed by atoms with Crippen LogP contribution < -0.4 is 15.1 Å². The summed E-state index contributed by atoms with van der Waals surface area (Å²) in [6.07, 6.45) is 1.98. The predicted molar refractivity (Wildman–Crippen MR) is 105 cm³/mol. The summed E-state index contributed by atoms with van der Waals surface area (Å²) in [6, 6.07) is 14.2. The summed E-state index contributed by atoms with van der Waals surface area (Å²) < 4.78 is 0. The van der Waals surface area contributed by atoms with Crippen molar-refractivity contribution >= 4 is 29.2 Å². The number of anilines is 2. The third-order valence-corrected chi connectivity index (χ3v) is 6.30. The molecule has 3 aliphatic heterocycles. The highest BCUT2D eigenvalue weighted by atomic mass is 16.2. The number of rotatable bonds is 1. The summed E-state index contributed by atoms with van der Waals surface area (Å²) in [7, 11) is 0. The monoisotopic (exact) mass is 375 g/mol. The molecule has 28 heavy (non-hydrogen) atoms. The van der Waals surface area contributed by atoms with E-state index in [2.05, 4.69) is 16.3 Å². The van der Waals surface area contributed by atoms with Gasteiger partial charge in [0.05, 0.1) is 11.7 Å². The van der Waals surface area contributed by atoms with Crippen LogP contribution >= 0.6 is 0 Å². The summed E-state index contributed by atoms with van der Waals surface area (Å²) in [5.74, 6) is -0.895. The van der Waals surface area contributed by atoms with Crippen LogP contribution in [0.1, 0.15) is 24.0 Å². The summed E-state index contributed by atoms with van der Waals surface area (Å²) in [6.45, 7) is 2.75. The van der Waals surface area contributed by atoms with Gasteiger partial charge < -0.3 is 4.90 Å². The van der Waals surface area contributed by atoms with Gasteiger partial charge >= 0.3 is 6.03 Å². The molecule has 0 radical (unpaired) electrons. The SMILES string of the molecule is Cc1ccc(N2C(=O)NC(=O)[C@]3(Cc4ccccc4N4CCC[C@H]43)C2=O)cc1. The molecule has 0 bridgehead atoms. The van der Waals surface area contributed by atoms with Gasteiger partial charge in [-0.25, -0.2) is 9.69 Å². The summed E-state index contributed by atoms with van der Waals surface area (Å²) >= 11 is 0. The minimum absolute atomic E-state index is 0.240. The Balaban J connectivity index is 1.65. The van der Waals surface area contributed by atoms with Crippen LogP contribution in [0.4, 0.5) is 16.2 Å². The molecule has 6 nitrogen and oxygen atoms in total. The maximum absolute atomic E-state index is 13.8. The van der Waals surface area contributed by atoms with Crippen molar-refractivity contribution in [2.24, 2.45) is 5.41 Å². The van der Waals surface area contributed by atoms with Gasteiger partial charge in [0.2, 0.25) is 5.91 Å². The molecule has 0 saturated carbocycles. The molecule has 2 atom stereocenters. The topological polar surface area (TPSA) is 69.7 Å². The molecule has 5 rings (SSSR count). The number of barbiturate groups is 1. The summed E-state index contributed by atoms with van der Waals surface area (Å²) in [4.78, 5) is 42.9. The van der Waals surface area contributed by atoms with Crippen LogP contribution in [0.25, 0.3) is 0 Å². The lowest BCUT2D eigenvalue weighted by atomic mass is 9.68. The van der Waals surface area contributed by atoms with Gasteiger partial charge in [-0.2, -0.15) is 0 Å². The van der Waals surface area contributed by atoms with E-state index >= 15 is 0 Å². The summed E-state index contributed by atoms with van der Waals surface area (Å²) in [5.41, 5.74) is 2.30. The first-order valence-corrected chi connectivity index (χ1v) is 9.63. The van der Waals surface area contributed by atoms with E-state index in [0.29, 0.717) is 12.1 Å². The van der Waals surface area contributed by atoms with E-state index in [1.165, 1.54) is 0 Å². The molecule has 4 amide bonds. The zero-order valence-electron chi connectivity index (χ0n) is 15.6. The van der Waals surface area contributed by atoms with Crippen molar-refractivity contribution in [3.8, 4) is 0 Å². The molecule has 1 spiro atoms. The Morgan fingerprint density at radius 3 is 2.57 bits per heavy atom. The highest BCUT2D eigenvalue weighted by molar-refractivity contribution is 6.30. The number of carbonyl (C=O) groups is 3. The number of nitrogens with zero attached hydrogens (tertiary/aromatic N) is 2. The maximum Gasteiger partial charge on any atom is 0.335 e. The molecule has 2 fully saturated rings. The van der Waals surface area contributed by atoms with Crippen molar-refractivity contribution in [2.45, 2.75) is 32.2 Å². The van der Waals surface area contributed by atoms with Crippen LogP contribution in [0.5, 0.6) is 0 Å². The van der Waals surface area contributed by atoms with E-state index in [1.54, 1.807) is 12.1 Å². The fourth-order valence-electron chi connectivity index (χ4n) is 4.96. The highest BCUT2D eigenvalue weighted by Crippen LogP contribution is 2.48. The van der Waals surface area contributed by atoms with Gasteiger partial charge in [-0.3, -0.25) is 14.9 Å². The zero-order chi connectivity index (χ0) is 19.5. The van der Waals surface area contributed by atoms with E-state index in [1.807, 2.05) is 37.3 Å². The molecule has 3 heterocycles. The third-order valence-electron chi connectivity index (χ3n) is 6.30. The number of hydrogen-bond acceptors (Lipinski definition) is 4. The van der Waals surface area contributed by atoms with Gasteiger partial charge in [0, 0.05) is 12.2 Å². The van der Waals surface area contributed by atoms with Crippen molar-refractivity contribution < 1.29 is 14.4 Å². The largest absolute Gasteiger partial charge is 0.367 e. The number of para-hydroxylation sites is 1. The molecule has 2 saturated heterocycles. The minimum Gasteiger partial charge on any atom is -0.367 e. The van der Waals surface area contributed by atoms with Gasteiger partial charge in [0.1, 0.15) is 0 Å². The van der Waals surface area contributed by atoms with Crippen molar-refractivity contribution in [1.82, 2.24) is 5.32 Å². The number of amides is 4. The average molecular weight is 375 g/mol. The van der Waals surface area contributed by atoms with Crippen molar-refractivity contribution in [3.05, 3.63) is 59.7 Å². The van der Waals surface area contributed by atoms with Gasteiger partial charge in [-0.15, -0.1) is 0 Å². The molecule has 2 aromatic carbocycles. The Labute approximate surface area is 163 Å². The van der Waals surface area contributed by atoms with Gasteiger partial charge in [-0.1, -0.05) is 35.9 Å². The molecule has 6 heteroatoms. The number of nitrogens with one attached hydrogen (secondary N) is 1. The van der Waals surface area contributed by atoms with E-state index in [9.17, 15) is 14.4 Å². The standard InChI is InChI=1S/C22H21N3O3/c1-14-8-10-16(11-9-14)25-20(27)22(19(26)23-21(25)28)13-15-5-2-3-6-17(15)24-12-4-7-18(22)24/h2-3,5-6,8-11,18H,4,7,12-13H2,1H3,(H,23,26,28)/t18-,22+/m0/s1. The second-order valence-electron chi connectivity index (χ2n) is 7.86. The second kappa shape index (κ2) is 5.92. The predicted octanol–water partition coefficient (Wildman–Crippen LogP) is 2.79. The van der Waals surface area contributed by atoms with Gasteiger partial charge in [0.15, 0.2) is 5.41 Å². The van der Waals surface area contributed by atoms with E-state index < -0.39 is 23.3 Å². The number of benzene rings is 2. The first-order valence-electron chi connectivity index (χ1n) is 9.63. The number of hydrogen-bond donors (Lipinski definition) is 1. The van der Waals surface area contributed by atoms with Crippen LogP contribution in [0.3, 0.4) is 0 Å². The Morgan fingerprint density at radius 2 is 1.79 bits per heavy atom. The minimum atomic E-state index is -1.29. The van der Waals surface area contributed by atoms with Gasteiger partial charge in [-0.05, 0) is 49.9 Å². The first kappa shape index (κ1) is 17.0. The lowest BCUT2D eigenvalue weighted by Crippen LogP contribution is -2.71. The molecule has 142 valence electrons. The van der Waals surface area contributed by atoms with Crippen LogP contribution in [-0.4, -0.2) is 30.4 Å². The molecule has 0 aromatic heterocycles. The highest BCUT2D eigenvalue weighted by Gasteiger charge is 2.62. The first-order chi connectivity index (χ1) is 13.5. The van der Waals surface area contributed by atoms with E-state index in [-0.39, 0.29) is 6.04 Å². The number of imide groups is 2. The maximum atomic E-state index is 13.8. The molecule has 1 N–H and O–H groups in total. The molecule has 2 aromatic rings. The fourth-order valence-corrected chi connectivity index (χ4v) is 4.96. The zero-order valence-corrected chi connectivity index (χ0v) is 15.6. The Hall–Kier alpha value is -3.15. The Kier molecular flexibility index (Phi) is 3.59. The number of aryl methyl sites for hydroxylation is 1. The normalized spacial score (nSPS) is 26.3. The van der Waals surface area contributed by atoms with Crippen molar-refractivity contribution in [3.63, 3.8) is 0 Å².